The molecular formula is C19H21N3O4. The van der Waals surface area contributed by atoms with Gasteiger partial charge >= 0.3 is 0 Å². The lowest BCUT2D eigenvalue weighted by Crippen LogP contribution is -2.48. The van der Waals surface area contributed by atoms with Crippen molar-refractivity contribution in [2.75, 3.05) is 37.7 Å². The summed E-state index contributed by atoms with van der Waals surface area (Å²) in [4.78, 5) is 26.9. The van der Waals surface area contributed by atoms with Crippen LogP contribution in [0, 0.1) is 10.1 Å². The molecule has 2 aromatic rings. The number of benzene rings is 2. The van der Waals surface area contributed by atoms with Crippen LogP contribution in [-0.2, 0) is 0 Å². The van der Waals surface area contributed by atoms with E-state index < -0.39 is 4.92 Å². The van der Waals surface area contributed by atoms with Crippen molar-refractivity contribution in [2.45, 2.75) is 6.92 Å². The molecule has 0 spiro atoms. The molecule has 7 heteroatoms. The van der Waals surface area contributed by atoms with E-state index in [1.807, 2.05) is 31.2 Å². The normalized spacial score (nSPS) is 14.2. The fourth-order valence-electron chi connectivity index (χ4n) is 3.05. The molecule has 1 aliphatic heterocycles. The number of nitro groups is 1. The minimum absolute atomic E-state index is 0.0149. The van der Waals surface area contributed by atoms with E-state index in [1.54, 1.807) is 4.90 Å². The average molecular weight is 355 g/mol. The fraction of sp³-hybridized carbons (Fsp3) is 0.316. The molecule has 1 heterocycles. The largest absolute Gasteiger partial charge is 0.492 e. The summed E-state index contributed by atoms with van der Waals surface area (Å²) in [6.45, 7) is 5.17. The molecule has 0 saturated carbocycles. The molecule has 0 aromatic heterocycles. The topological polar surface area (TPSA) is 75.9 Å². The zero-order valence-electron chi connectivity index (χ0n) is 14.6. The highest BCUT2D eigenvalue weighted by Crippen LogP contribution is 2.29. The zero-order chi connectivity index (χ0) is 18.5. The van der Waals surface area contributed by atoms with Crippen molar-refractivity contribution >= 4 is 17.3 Å². The maximum absolute atomic E-state index is 12.6. The second kappa shape index (κ2) is 7.86. The Morgan fingerprint density at radius 2 is 1.73 bits per heavy atom. The maximum atomic E-state index is 12.6. The van der Waals surface area contributed by atoms with Gasteiger partial charge in [-0.25, -0.2) is 0 Å². The van der Waals surface area contributed by atoms with E-state index in [-0.39, 0.29) is 11.6 Å². The number of nitrogens with zero attached hydrogens (tertiary/aromatic N) is 3. The number of non-ortho nitro benzene ring substituents is 1. The van der Waals surface area contributed by atoms with Crippen molar-refractivity contribution in [3.05, 3.63) is 64.2 Å². The SMILES string of the molecule is CCOc1ccccc1N1CCN(C(=O)c2ccc([N+](=O)[O-])cc2)CC1. The van der Waals surface area contributed by atoms with E-state index in [0.29, 0.717) is 38.3 Å². The Bertz CT molecular complexity index is 784. The summed E-state index contributed by atoms with van der Waals surface area (Å²) < 4.78 is 5.69. The van der Waals surface area contributed by atoms with Crippen LogP contribution in [0.5, 0.6) is 5.75 Å². The number of hydrogen-bond acceptors (Lipinski definition) is 5. The Morgan fingerprint density at radius 3 is 2.35 bits per heavy atom. The number of carbonyl (C=O) groups excluding carboxylic acids is 1. The van der Waals surface area contributed by atoms with Crippen molar-refractivity contribution in [3.63, 3.8) is 0 Å². The standard InChI is InChI=1S/C19H21N3O4/c1-2-26-18-6-4-3-5-17(18)20-11-13-21(14-12-20)19(23)15-7-9-16(10-8-15)22(24)25/h3-10H,2,11-14H2,1H3. The first kappa shape index (κ1) is 17.7. The van der Waals surface area contributed by atoms with E-state index in [2.05, 4.69) is 4.90 Å². The van der Waals surface area contributed by atoms with E-state index in [0.717, 1.165) is 11.4 Å². The Labute approximate surface area is 151 Å². The lowest BCUT2D eigenvalue weighted by molar-refractivity contribution is -0.384. The molecule has 0 unspecified atom stereocenters. The molecule has 1 amide bonds. The summed E-state index contributed by atoms with van der Waals surface area (Å²) in [5, 5.41) is 10.7. The highest BCUT2D eigenvalue weighted by atomic mass is 16.6. The molecule has 1 aliphatic rings. The Hall–Kier alpha value is -3.09. The van der Waals surface area contributed by atoms with Gasteiger partial charge in [0.2, 0.25) is 0 Å². The van der Waals surface area contributed by atoms with Gasteiger partial charge < -0.3 is 14.5 Å². The first-order valence-corrected chi connectivity index (χ1v) is 8.60. The van der Waals surface area contributed by atoms with E-state index in [9.17, 15) is 14.9 Å². The van der Waals surface area contributed by atoms with E-state index in [1.165, 1.54) is 24.3 Å². The molecule has 1 saturated heterocycles. The zero-order valence-corrected chi connectivity index (χ0v) is 14.6. The minimum atomic E-state index is -0.469. The van der Waals surface area contributed by atoms with Crippen LogP contribution < -0.4 is 9.64 Å². The van der Waals surface area contributed by atoms with Crippen LogP contribution in [-0.4, -0.2) is 48.5 Å². The van der Waals surface area contributed by atoms with Gasteiger partial charge in [0.15, 0.2) is 0 Å². The van der Waals surface area contributed by atoms with E-state index >= 15 is 0 Å². The highest BCUT2D eigenvalue weighted by Gasteiger charge is 2.24. The fourth-order valence-corrected chi connectivity index (χ4v) is 3.05. The first-order chi connectivity index (χ1) is 12.6. The van der Waals surface area contributed by atoms with Crippen LogP contribution in [0.4, 0.5) is 11.4 Å². The summed E-state index contributed by atoms with van der Waals surface area (Å²) in [5.74, 6) is 0.753. The van der Waals surface area contributed by atoms with Crippen molar-refractivity contribution < 1.29 is 14.5 Å². The van der Waals surface area contributed by atoms with Gasteiger partial charge in [-0.2, -0.15) is 0 Å². The smallest absolute Gasteiger partial charge is 0.269 e. The van der Waals surface area contributed by atoms with Crippen LogP contribution in [0.25, 0.3) is 0 Å². The second-order valence-corrected chi connectivity index (χ2v) is 5.98. The van der Waals surface area contributed by atoms with Gasteiger partial charge in [0.05, 0.1) is 17.2 Å². The molecule has 136 valence electrons. The van der Waals surface area contributed by atoms with Gasteiger partial charge in [0, 0.05) is 43.9 Å². The third-order valence-corrected chi connectivity index (χ3v) is 4.40. The van der Waals surface area contributed by atoms with Crippen LogP contribution >= 0.6 is 0 Å². The number of para-hydroxylation sites is 2. The van der Waals surface area contributed by atoms with Crippen molar-refractivity contribution in [1.82, 2.24) is 4.90 Å². The quantitative estimate of drug-likeness (QED) is 0.609. The number of nitro benzene ring substituents is 1. The molecular weight excluding hydrogens is 334 g/mol. The number of hydrogen-bond donors (Lipinski definition) is 0. The van der Waals surface area contributed by atoms with Gasteiger partial charge in [-0.15, -0.1) is 0 Å². The lowest BCUT2D eigenvalue weighted by Gasteiger charge is -2.36. The van der Waals surface area contributed by atoms with Crippen LogP contribution in [0.3, 0.4) is 0 Å². The summed E-state index contributed by atoms with van der Waals surface area (Å²) in [5.41, 5.74) is 1.49. The average Bonchev–Trinajstić information content (AvgIpc) is 2.68. The summed E-state index contributed by atoms with van der Waals surface area (Å²) in [7, 11) is 0. The Morgan fingerprint density at radius 1 is 1.08 bits per heavy atom. The monoisotopic (exact) mass is 355 g/mol. The molecule has 0 atom stereocenters. The van der Waals surface area contributed by atoms with Crippen molar-refractivity contribution in [2.24, 2.45) is 0 Å². The van der Waals surface area contributed by atoms with Crippen molar-refractivity contribution in [1.29, 1.82) is 0 Å². The molecule has 0 N–H and O–H groups in total. The molecule has 2 aromatic carbocycles. The van der Waals surface area contributed by atoms with Crippen LogP contribution in [0.1, 0.15) is 17.3 Å². The highest BCUT2D eigenvalue weighted by molar-refractivity contribution is 5.94. The van der Waals surface area contributed by atoms with Crippen LogP contribution in [0.15, 0.2) is 48.5 Å². The predicted octanol–water partition coefficient (Wildman–Crippen LogP) is 2.96. The summed E-state index contributed by atoms with van der Waals surface area (Å²) >= 11 is 0. The summed E-state index contributed by atoms with van der Waals surface area (Å²) in [6, 6.07) is 13.7. The van der Waals surface area contributed by atoms with Crippen LogP contribution in [0.2, 0.25) is 0 Å². The van der Waals surface area contributed by atoms with Gasteiger partial charge in [-0.3, -0.25) is 14.9 Å². The maximum Gasteiger partial charge on any atom is 0.269 e. The Balaban J connectivity index is 1.65. The third-order valence-electron chi connectivity index (χ3n) is 4.40. The number of rotatable bonds is 5. The minimum Gasteiger partial charge on any atom is -0.492 e. The molecule has 0 radical (unpaired) electrons. The predicted molar refractivity (Wildman–Crippen MR) is 98.8 cm³/mol. The van der Waals surface area contributed by atoms with Gasteiger partial charge in [0.25, 0.3) is 11.6 Å². The van der Waals surface area contributed by atoms with Gasteiger partial charge in [0.1, 0.15) is 5.75 Å². The molecule has 1 fully saturated rings. The number of piperazine rings is 1. The first-order valence-electron chi connectivity index (χ1n) is 8.60. The number of ether oxygens (including phenoxy) is 1. The third kappa shape index (κ3) is 3.77. The Kier molecular flexibility index (Phi) is 5.36. The number of carbonyl (C=O) groups is 1. The molecule has 7 nitrogen and oxygen atoms in total. The molecule has 0 aliphatic carbocycles. The second-order valence-electron chi connectivity index (χ2n) is 5.98. The van der Waals surface area contributed by atoms with Gasteiger partial charge in [-0.1, -0.05) is 12.1 Å². The molecule has 26 heavy (non-hydrogen) atoms. The van der Waals surface area contributed by atoms with E-state index in [4.69, 9.17) is 4.74 Å². The number of amides is 1. The number of anilines is 1. The van der Waals surface area contributed by atoms with Crippen molar-refractivity contribution in [3.8, 4) is 5.75 Å². The summed E-state index contributed by atoms with van der Waals surface area (Å²) in [6.07, 6.45) is 0. The molecule has 3 rings (SSSR count). The van der Waals surface area contributed by atoms with Gasteiger partial charge in [-0.05, 0) is 31.2 Å². The molecule has 0 bridgehead atoms. The lowest BCUT2D eigenvalue weighted by atomic mass is 10.1.